The number of ether oxygens (including phenoxy) is 3. The van der Waals surface area contributed by atoms with Gasteiger partial charge in [-0.05, 0) is 24.3 Å². The average molecular weight is 385 g/mol. The first kappa shape index (κ1) is 19.9. The second kappa shape index (κ2) is 7.85. The highest BCUT2D eigenvalue weighted by Crippen LogP contribution is 2.33. The number of rotatable bonds is 6. The van der Waals surface area contributed by atoms with E-state index < -0.39 is 24.0 Å². The summed E-state index contributed by atoms with van der Waals surface area (Å²) >= 11 is 0. The molecule has 0 heterocycles. The first-order chi connectivity index (χ1) is 12.6. The molecule has 144 valence electrons. The zero-order valence-corrected chi connectivity index (χ0v) is 14.1. The second-order valence-electron chi connectivity index (χ2n) is 5.08. The van der Waals surface area contributed by atoms with Gasteiger partial charge in [-0.3, -0.25) is 4.79 Å². The standard InChI is InChI=1S/C17H14F3NO6/c1-25-13-7-11(16(23)24)12(8-14(13)26-2)21-15(22)9-3-5-10(6-4-9)27-17(18,19)20/h3-8H,1-2H3,(H,21,22)(H,23,24). The molecule has 2 aromatic rings. The van der Waals surface area contributed by atoms with Crippen molar-refractivity contribution < 1.29 is 42.1 Å². The Morgan fingerprint density at radius 3 is 2.04 bits per heavy atom. The van der Waals surface area contributed by atoms with Crippen LogP contribution in [-0.2, 0) is 0 Å². The summed E-state index contributed by atoms with van der Waals surface area (Å²) in [5.74, 6) is -2.20. The van der Waals surface area contributed by atoms with Gasteiger partial charge in [0.2, 0.25) is 0 Å². The number of carbonyl (C=O) groups is 2. The molecule has 27 heavy (non-hydrogen) atoms. The van der Waals surface area contributed by atoms with E-state index in [1.165, 1.54) is 26.4 Å². The lowest BCUT2D eigenvalue weighted by Gasteiger charge is -2.14. The van der Waals surface area contributed by atoms with Gasteiger partial charge in [-0.15, -0.1) is 13.2 Å². The zero-order chi connectivity index (χ0) is 20.2. The number of carboxylic acids is 1. The number of halogens is 3. The van der Waals surface area contributed by atoms with Crippen LogP contribution in [0.1, 0.15) is 20.7 Å². The number of methoxy groups -OCH3 is 2. The van der Waals surface area contributed by atoms with Crippen LogP contribution >= 0.6 is 0 Å². The molecule has 0 aliphatic heterocycles. The third kappa shape index (κ3) is 5.03. The van der Waals surface area contributed by atoms with E-state index in [2.05, 4.69) is 10.1 Å². The maximum atomic E-state index is 12.3. The van der Waals surface area contributed by atoms with Gasteiger partial charge in [0, 0.05) is 17.7 Å². The number of carbonyl (C=O) groups excluding carboxylic acids is 1. The summed E-state index contributed by atoms with van der Waals surface area (Å²) in [5, 5.41) is 11.7. The highest BCUT2D eigenvalue weighted by atomic mass is 19.4. The molecule has 2 aromatic carbocycles. The van der Waals surface area contributed by atoms with Gasteiger partial charge in [-0.25, -0.2) is 4.79 Å². The van der Waals surface area contributed by atoms with Crippen LogP contribution in [0, 0.1) is 0 Å². The fraction of sp³-hybridized carbons (Fsp3) is 0.176. The van der Waals surface area contributed by atoms with Gasteiger partial charge in [0.15, 0.2) is 11.5 Å². The maximum Gasteiger partial charge on any atom is 0.573 e. The maximum absolute atomic E-state index is 12.3. The second-order valence-corrected chi connectivity index (χ2v) is 5.08. The molecule has 2 rings (SSSR count). The average Bonchev–Trinajstić information content (AvgIpc) is 2.60. The van der Waals surface area contributed by atoms with Crippen LogP contribution in [0.2, 0.25) is 0 Å². The summed E-state index contributed by atoms with van der Waals surface area (Å²) in [5.41, 5.74) is -0.325. The Labute approximate surface area is 151 Å². The minimum absolute atomic E-state index is 0.00403. The van der Waals surface area contributed by atoms with Gasteiger partial charge in [-0.2, -0.15) is 0 Å². The van der Waals surface area contributed by atoms with Gasteiger partial charge >= 0.3 is 12.3 Å². The van der Waals surface area contributed by atoms with Crippen LogP contribution < -0.4 is 19.5 Å². The topological polar surface area (TPSA) is 94.1 Å². The van der Waals surface area contributed by atoms with Crippen molar-refractivity contribution in [1.29, 1.82) is 0 Å². The van der Waals surface area contributed by atoms with Crippen molar-refractivity contribution in [3.05, 3.63) is 47.5 Å². The molecule has 0 aliphatic carbocycles. The Kier molecular flexibility index (Phi) is 5.78. The van der Waals surface area contributed by atoms with Gasteiger partial charge in [0.1, 0.15) is 5.75 Å². The minimum Gasteiger partial charge on any atom is -0.493 e. The summed E-state index contributed by atoms with van der Waals surface area (Å²) in [4.78, 5) is 23.7. The van der Waals surface area contributed by atoms with Crippen LogP contribution in [0.4, 0.5) is 18.9 Å². The van der Waals surface area contributed by atoms with Crippen molar-refractivity contribution in [2.24, 2.45) is 0 Å². The number of amides is 1. The number of benzene rings is 2. The summed E-state index contributed by atoms with van der Waals surface area (Å²) < 4.78 is 50.3. The molecular weight excluding hydrogens is 371 g/mol. The van der Waals surface area contributed by atoms with Crippen molar-refractivity contribution in [3.63, 3.8) is 0 Å². The van der Waals surface area contributed by atoms with Crippen molar-refractivity contribution >= 4 is 17.6 Å². The number of alkyl halides is 3. The lowest BCUT2D eigenvalue weighted by Crippen LogP contribution is -2.18. The van der Waals surface area contributed by atoms with E-state index in [1.54, 1.807) is 0 Å². The predicted molar refractivity (Wildman–Crippen MR) is 87.6 cm³/mol. The first-order valence-corrected chi connectivity index (χ1v) is 7.31. The van der Waals surface area contributed by atoms with Crippen LogP contribution in [0.3, 0.4) is 0 Å². The summed E-state index contributed by atoms with van der Waals surface area (Å²) in [7, 11) is 2.66. The molecule has 0 spiro atoms. The highest BCUT2D eigenvalue weighted by Gasteiger charge is 2.31. The predicted octanol–water partition coefficient (Wildman–Crippen LogP) is 3.55. The Balaban J connectivity index is 2.28. The largest absolute Gasteiger partial charge is 0.573 e. The highest BCUT2D eigenvalue weighted by molar-refractivity contribution is 6.08. The lowest BCUT2D eigenvalue weighted by atomic mass is 10.1. The molecule has 0 aromatic heterocycles. The summed E-state index contributed by atoms with van der Waals surface area (Å²) in [6.45, 7) is 0. The van der Waals surface area contributed by atoms with Crippen LogP contribution in [0.25, 0.3) is 0 Å². The fourth-order valence-electron chi connectivity index (χ4n) is 2.16. The smallest absolute Gasteiger partial charge is 0.493 e. The Hall–Kier alpha value is -3.43. The van der Waals surface area contributed by atoms with Crippen molar-refractivity contribution in [3.8, 4) is 17.2 Å². The van der Waals surface area contributed by atoms with Crippen molar-refractivity contribution in [2.45, 2.75) is 6.36 Å². The SMILES string of the molecule is COc1cc(NC(=O)c2ccc(OC(F)(F)F)cc2)c(C(=O)O)cc1OC. The van der Waals surface area contributed by atoms with Gasteiger partial charge in [-0.1, -0.05) is 0 Å². The molecule has 7 nitrogen and oxygen atoms in total. The number of hydrogen-bond donors (Lipinski definition) is 2. The molecule has 1 amide bonds. The summed E-state index contributed by atoms with van der Waals surface area (Å²) in [6.07, 6.45) is -4.85. The Morgan fingerprint density at radius 1 is 1.00 bits per heavy atom. The zero-order valence-electron chi connectivity index (χ0n) is 14.1. The van der Waals surface area contributed by atoms with Crippen molar-refractivity contribution in [2.75, 3.05) is 19.5 Å². The van der Waals surface area contributed by atoms with Crippen LogP contribution in [0.15, 0.2) is 36.4 Å². The van der Waals surface area contributed by atoms with Gasteiger partial charge < -0.3 is 24.6 Å². The molecule has 0 bridgehead atoms. The lowest BCUT2D eigenvalue weighted by molar-refractivity contribution is -0.274. The van der Waals surface area contributed by atoms with Crippen LogP contribution in [-0.4, -0.2) is 37.6 Å². The molecular formula is C17H14F3NO6. The molecule has 2 N–H and O–H groups in total. The normalized spacial score (nSPS) is 10.9. The molecule has 0 atom stereocenters. The number of hydrogen-bond acceptors (Lipinski definition) is 5. The molecule has 0 radical (unpaired) electrons. The van der Waals surface area contributed by atoms with E-state index in [4.69, 9.17) is 9.47 Å². The van der Waals surface area contributed by atoms with Crippen LogP contribution in [0.5, 0.6) is 17.2 Å². The third-order valence-electron chi connectivity index (χ3n) is 3.35. The third-order valence-corrected chi connectivity index (χ3v) is 3.35. The monoisotopic (exact) mass is 385 g/mol. The Bertz CT molecular complexity index is 849. The van der Waals surface area contributed by atoms with E-state index in [1.807, 2.05) is 0 Å². The van der Waals surface area contributed by atoms with E-state index in [-0.39, 0.29) is 28.3 Å². The fourth-order valence-corrected chi connectivity index (χ4v) is 2.16. The first-order valence-electron chi connectivity index (χ1n) is 7.31. The molecule has 0 aliphatic rings. The quantitative estimate of drug-likeness (QED) is 0.790. The summed E-state index contributed by atoms with van der Waals surface area (Å²) in [6, 6.07) is 6.60. The number of carboxylic acid groups (broad SMARTS) is 1. The number of anilines is 1. The van der Waals surface area contributed by atoms with Gasteiger partial charge in [0.05, 0.1) is 25.5 Å². The van der Waals surface area contributed by atoms with E-state index in [9.17, 15) is 27.9 Å². The molecule has 0 saturated carbocycles. The molecule has 0 fully saturated rings. The van der Waals surface area contributed by atoms with Gasteiger partial charge in [0.25, 0.3) is 5.91 Å². The number of aromatic carboxylic acids is 1. The van der Waals surface area contributed by atoms with E-state index >= 15 is 0 Å². The van der Waals surface area contributed by atoms with Crippen molar-refractivity contribution in [1.82, 2.24) is 0 Å². The number of nitrogens with one attached hydrogen (secondary N) is 1. The van der Waals surface area contributed by atoms with E-state index in [0.29, 0.717) is 0 Å². The molecule has 0 unspecified atom stereocenters. The minimum atomic E-state index is -4.85. The Morgan fingerprint density at radius 2 is 1.56 bits per heavy atom. The van der Waals surface area contributed by atoms with E-state index in [0.717, 1.165) is 24.3 Å². The molecule has 10 heteroatoms. The molecule has 0 saturated heterocycles.